The van der Waals surface area contributed by atoms with Crippen LogP contribution in [0.15, 0.2) is 30.3 Å². The molecule has 0 amide bonds. The lowest BCUT2D eigenvalue weighted by Crippen LogP contribution is -2.18. The fourth-order valence-electron chi connectivity index (χ4n) is 2.79. The summed E-state index contributed by atoms with van der Waals surface area (Å²) in [5.74, 6) is 0.688. The van der Waals surface area contributed by atoms with Gasteiger partial charge < -0.3 is 10.1 Å². The molecule has 2 aromatic rings. The Morgan fingerprint density at radius 2 is 2.20 bits per heavy atom. The lowest BCUT2D eigenvalue weighted by Gasteiger charge is -2.15. The van der Waals surface area contributed by atoms with Crippen LogP contribution in [0.5, 0.6) is 0 Å². The number of pyridine rings is 1. The lowest BCUT2D eigenvalue weighted by atomic mass is 10.1. The van der Waals surface area contributed by atoms with Crippen molar-refractivity contribution in [3.8, 4) is 6.07 Å². The van der Waals surface area contributed by atoms with Crippen molar-refractivity contribution < 1.29 is 4.74 Å². The molecule has 1 N–H and O–H groups in total. The zero-order valence-electron chi connectivity index (χ0n) is 11.5. The summed E-state index contributed by atoms with van der Waals surface area (Å²) in [4.78, 5) is 4.59. The van der Waals surface area contributed by atoms with E-state index in [4.69, 9.17) is 4.74 Å². The van der Waals surface area contributed by atoms with Gasteiger partial charge in [0.25, 0.3) is 0 Å². The van der Waals surface area contributed by atoms with E-state index in [0.29, 0.717) is 23.5 Å². The maximum absolute atomic E-state index is 9.30. The first-order chi connectivity index (χ1) is 9.80. The molecule has 0 spiro atoms. The van der Waals surface area contributed by atoms with Gasteiger partial charge in [-0.15, -0.1) is 0 Å². The van der Waals surface area contributed by atoms with Crippen LogP contribution in [0.3, 0.4) is 0 Å². The lowest BCUT2D eigenvalue weighted by molar-refractivity contribution is 0.108. The van der Waals surface area contributed by atoms with Crippen molar-refractivity contribution in [3.63, 3.8) is 0 Å². The summed E-state index contributed by atoms with van der Waals surface area (Å²) in [6, 6.07) is 12.3. The summed E-state index contributed by atoms with van der Waals surface area (Å²) < 4.78 is 5.38. The Labute approximate surface area is 118 Å². The molecule has 3 rings (SSSR count). The van der Waals surface area contributed by atoms with Gasteiger partial charge in [-0.05, 0) is 31.4 Å². The number of benzene rings is 1. The zero-order chi connectivity index (χ0) is 13.9. The van der Waals surface area contributed by atoms with Gasteiger partial charge in [0.1, 0.15) is 11.9 Å². The maximum atomic E-state index is 9.30. The van der Waals surface area contributed by atoms with Gasteiger partial charge in [0.05, 0.1) is 17.2 Å². The van der Waals surface area contributed by atoms with Crippen LogP contribution in [-0.2, 0) is 4.74 Å². The van der Waals surface area contributed by atoms with Crippen LogP contribution < -0.4 is 5.32 Å². The second-order valence-corrected chi connectivity index (χ2v) is 5.20. The molecule has 4 nitrogen and oxygen atoms in total. The van der Waals surface area contributed by atoms with Gasteiger partial charge in [-0.3, -0.25) is 0 Å². The molecule has 1 aromatic heterocycles. The smallest absolute Gasteiger partial charge is 0.144 e. The van der Waals surface area contributed by atoms with E-state index in [-0.39, 0.29) is 0 Å². The second-order valence-electron chi connectivity index (χ2n) is 5.20. The van der Waals surface area contributed by atoms with E-state index in [1.165, 1.54) is 0 Å². The van der Waals surface area contributed by atoms with Crippen molar-refractivity contribution in [1.29, 1.82) is 5.26 Å². The van der Waals surface area contributed by atoms with E-state index in [9.17, 15) is 5.26 Å². The van der Waals surface area contributed by atoms with Gasteiger partial charge in [0.2, 0.25) is 0 Å². The van der Waals surface area contributed by atoms with Gasteiger partial charge in [-0.2, -0.15) is 5.26 Å². The van der Waals surface area contributed by atoms with E-state index in [0.717, 1.165) is 30.2 Å². The summed E-state index contributed by atoms with van der Waals surface area (Å²) in [7, 11) is 1.75. The summed E-state index contributed by atoms with van der Waals surface area (Å²) in [5, 5.41) is 13.7. The predicted molar refractivity (Wildman–Crippen MR) is 78.5 cm³/mol. The predicted octanol–water partition coefficient (Wildman–Crippen LogP) is 3.09. The Kier molecular flexibility index (Phi) is 3.53. The van der Waals surface area contributed by atoms with Crippen LogP contribution >= 0.6 is 0 Å². The van der Waals surface area contributed by atoms with Crippen LogP contribution in [0.1, 0.15) is 24.8 Å². The average Bonchev–Trinajstić information content (AvgIpc) is 2.94. The molecule has 1 heterocycles. The van der Waals surface area contributed by atoms with Crippen molar-refractivity contribution in [1.82, 2.24) is 4.98 Å². The fraction of sp³-hybridized carbons (Fsp3) is 0.375. The topological polar surface area (TPSA) is 57.9 Å². The summed E-state index contributed by atoms with van der Waals surface area (Å²) in [6.07, 6.45) is 3.40. The Morgan fingerprint density at radius 3 is 2.95 bits per heavy atom. The normalized spacial score (nSPS) is 21.8. The van der Waals surface area contributed by atoms with Crippen molar-refractivity contribution in [3.05, 3.63) is 35.9 Å². The Balaban J connectivity index is 1.89. The van der Waals surface area contributed by atoms with Gasteiger partial charge in [0, 0.05) is 18.5 Å². The molecule has 20 heavy (non-hydrogen) atoms. The number of nitrogens with zero attached hydrogens (tertiary/aromatic N) is 2. The molecule has 1 saturated carbocycles. The third-order valence-corrected chi connectivity index (χ3v) is 3.90. The Morgan fingerprint density at radius 1 is 1.35 bits per heavy atom. The number of nitriles is 1. The number of ether oxygens (including phenoxy) is 1. The van der Waals surface area contributed by atoms with Crippen LogP contribution in [0.4, 0.5) is 5.82 Å². The molecule has 0 bridgehead atoms. The number of hydrogen-bond donors (Lipinski definition) is 1. The van der Waals surface area contributed by atoms with Gasteiger partial charge in [-0.25, -0.2) is 4.98 Å². The quantitative estimate of drug-likeness (QED) is 0.928. The summed E-state index contributed by atoms with van der Waals surface area (Å²) >= 11 is 0. The molecule has 0 saturated heterocycles. The zero-order valence-corrected chi connectivity index (χ0v) is 11.5. The second kappa shape index (κ2) is 5.48. The highest BCUT2D eigenvalue weighted by atomic mass is 16.5. The molecule has 2 unspecified atom stereocenters. The highest BCUT2D eigenvalue weighted by molar-refractivity contribution is 5.82. The first-order valence-corrected chi connectivity index (χ1v) is 6.89. The van der Waals surface area contributed by atoms with Gasteiger partial charge in [0.15, 0.2) is 0 Å². The van der Waals surface area contributed by atoms with Gasteiger partial charge >= 0.3 is 0 Å². The fourth-order valence-corrected chi connectivity index (χ4v) is 2.79. The van der Waals surface area contributed by atoms with Crippen molar-refractivity contribution in [2.45, 2.75) is 31.4 Å². The molecular weight excluding hydrogens is 250 g/mol. The Hall–Kier alpha value is -2.12. The van der Waals surface area contributed by atoms with Crippen LogP contribution in [-0.4, -0.2) is 24.2 Å². The molecule has 2 atom stereocenters. The van der Waals surface area contributed by atoms with E-state index in [1.54, 1.807) is 7.11 Å². The minimum atomic E-state index is 0.318. The first-order valence-electron chi connectivity index (χ1n) is 6.89. The number of rotatable bonds is 3. The van der Waals surface area contributed by atoms with E-state index < -0.39 is 0 Å². The summed E-state index contributed by atoms with van der Waals surface area (Å²) in [5.41, 5.74) is 1.51. The SMILES string of the molecule is COC1CCC(Nc2nc3ccccc3cc2C#N)C1. The van der Waals surface area contributed by atoms with Crippen molar-refractivity contribution >= 4 is 16.7 Å². The monoisotopic (exact) mass is 267 g/mol. The average molecular weight is 267 g/mol. The molecular formula is C16H17N3O. The molecule has 0 radical (unpaired) electrons. The first kappa shape index (κ1) is 12.9. The number of hydrogen-bond acceptors (Lipinski definition) is 4. The molecule has 1 aromatic carbocycles. The highest BCUT2D eigenvalue weighted by Crippen LogP contribution is 2.27. The number of nitrogens with one attached hydrogen (secondary N) is 1. The molecule has 0 aliphatic heterocycles. The van der Waals surface area contributed by atoms with E-state index in [2.05, 4.69) is 16.4 Å². The highest BCUT2D eigenvalue weighted by Gasteiger charge is 2.25. The molecule has 1 aliphatic rings. The number of methoxy groups -OCH3 is 1. The van der Waals surface area contributed by atoms with Crippen LogP contribution in [0, 0.1) is 11.3 Å². The van der Waals surface area contributed by atoms with E-state index >= 15 is 0 Å². The number of aromatic nitrogens is 1. The third-order valence-electron chi connectivity index (χ3n) is 3.90. The Bertz CT molecular complexity index is 662. The van der Waals surface area contributed by atoms with E-state index in [1.807, 2.05) is 30.3 Å². The minimum Gasteiger partial charge on any atom is -0.381 e. The molecule has 1 fully saturated rings. The maximum Gasteiger partial charge on any atom is 0.144 e. The standard InChI is InChI=1S/C16H17N3O/c1-20-14-7-6-13(9-14)18-16-12(10-17)8-11-4-2-3-5-15(11)19-16/h2-5,8,13-14H,6-7,9H2,1H3,(H,18,19). The largest absolute Gasteiger partial charge is 0.381 e. The summed E-state index contributed by atoms with van der Waals surface area (Å²) in [6.45, 7) is 0. The van der Waals surface area contributed by atoms with Crippen molar-refractivity contribution in [2.24, 2.45) is 0 Å². The number of para-hydroxylation sites is 1. The molecule has 102 valence electrons. The van der Waals surface area contributed by atoms with Crippen LogP contribution in [0.2, 0.25) is 0 Å². The number of anilines is 1. The third kappa shape index (κ3) is 2.45. The van der Waals surface area contributed by atoms with Gasteiger partial charge in [-0.1, -0.05) is 18.2 Å². The molecule has 1 aliphatic carbocycles. The number of fused-ring (bicyclic) bond motifs is 1. The van der Waals surface area contributed by atoms with Crippen molar-refractivity contribution in [2.75, 3.05) is 12.4 Å². The van der Waals surface area contributed by atoms with Crippen LogP contribution in [0.25, 0.3) is 10.9 Å². The minimum absolute atomic E-state index is 0.318. The molecule has 4 heteroatoms.